The van der Waals surface area contributed by atoms with Crippen LogP contribution in [0.1, 0.15) is 30.5 Å². The Kier molecular flexibility index (Phi) is 7.85. The molecule has 0 aliphatic carbocycles. The number of likely N-dealkylation sites (N-methyl/N-ethyl adjacent to an activating group) is 1. The summed E-state index contributed by atoms with van der Waals surface area (Å²) >= 11 is 1.48. The predicted octanol–water partition coefficient (Wildman–Crippen LogP) is 4.18. The maximum Gasteiger partial charge on any atom is 0.338 e. The number of esters is 1. The lowest BCUT2D eigenvalue weighted by Crippen LogP contribution is -2.47. The average molecular weight is 533 g/mol. The van der Waals surface area contributed by atoms with Crippen LogP contribution in [0.5, 0.6) is 5.75 Å². The lowest BCUT2D eigenvalue weighted by molar-refractivity contribution is -0.141. The molecule has 0 saturated carbocycles. The zero-order valence-electron chi connectivity index (χ0n) is 21.9. The quantitative estimate of drug-likeness (QED) is 0.496. The average Bonchev–Trinajstić information content (AvgIpc) is 3.33. The summed E-state index contributed by atoms with van der Waals surface area (Å²) in [5.74, 6) is 0.339. The molecule has 38 heavy (non-hydrogen) atoms. The Bertz CT molecular complexity index is 1300. The van der Waals surface area contributed by atoms with Crippen molar-refractivity contribution in [3.05, 3.63) is 88.1 Å². The fourth-order valence-corrected chi connectivity index (χ4v) is 5.85. The number of carbonyl (C=O) groups is 2. The van der Waals surface area contributed by atoms with Crippen LogP contribution >= 0.6 is 11.8 Å². The molecular weight excluding hydrogens is 500 g/mol. The van der Waals surface area contributed by atoms with Crippen molar-refractivity contribution in [2.75, 3.05) is 40.3 Å². The van der Waals surface area contributed by atoms with Gasteiger partial charge in [0, 0.05) is 31.9 Å². The van der Waals surface area contributed by atoms with E-state index >= 15 is 0 Å². The van der Waals surface area contributed by atoms with Crippen LogP contribution < -0.4 is 4.74 Å². The second-order valence-corrected chi connectivity index (χ2v) is 10.4. The summed E-state index contributed by atoms with van der Waals surface area (Å²) in [5.41, 5.74) is 3.66. The van der Waals surface area contributed by atoms with Crippen LogP contribution in [0.15, 0.2) is 82.0 Å². The van der Waals surface area contributed by atoms with Gasteiger partial charge in [0.15, 0.2) is 5.17 Å². The highest BCUT2D eigenvalue weighted by Crippen LogP contribution is 2.45. The predicted molar refractivity (Wildman–Crippen MR) is 148 cm³/mol. The molecule has 2 aromatic carbocycles. The number of methoxy groups -OCH3 is 1. The molecule has 1 unspecified atom stereocenters. The first-order valence-corrected chi connectivity index (χ1v) is 13.6. The normalized spacial score (nSPS) is 19.6. The Morgan fingerprint density at radius 2 is 1.82 bits per heavy atom. The van der Waals surface area contributed by atoms with E-state index in [9.17, 15) is 9.59 Å². The first-order valence-electron chi connectivity index (χ1n) is 12.7. The van der Waals surface area contributed by atoms with E-state index in [4.69, 9.17) is 14.5 Å². The first kappa shape index (κ1) is 26.1. The van der Waals surface area contributed by atoms with E-state index in [-0.39, 0.29) is 18.9 Å². The maximum absolute atomic E-state index is 13.6. The smallest absolute Gasteiger partial charge is 0.338 e. The number of amidine groups is 1. The number of fused-ring (bicyclic) bond motifs is 1. The number of benzene rings is 2. The minimum atomic E-state index is -0.498. The highest BCUT2D eigenvalue weighted by Gasteiger charge is 2.41. The molecule has 0 radical (unpaired) electrons. The molecule has 1 fully saturated rings. The first-order chi connectivity index (χ1) is 18.4. The number of hydrogen-bond donors (Lipinski definition) is 0. The molecule has 3 heterocycles. The van der Waals surface area contributed by atoms with Crippen molar-refractivity contribution in [1.29, 1.82) is 0 Å². The largest absolute Gasteiger partial charge is 0.497 e. The number of amides is 1. The van der Waals surface area contributed by atoms with Gasteiger partial charge >= 0.3 is 5.97 Å². The molecule has 8 nitrogen and oxygen atoms in total. The zero-order chi connectivity index (χ0) is 26.6. The van der Waals surface area contributed by atoms with E-state index in [1.165, 1.54) is 11.8 Å². The summed E-state index contributed by atoms with van der Waals surface area (Å²) in [5, 5.41) is 2.72. The molecule has 198 valence electrons. The topological polar surface area (TPSA) is 74.7 Å². The highest BCUT2D eigenvalue weighted by atomic mass is 32.2. The molecule has 3 aliphatic rings. The van der Waals surface area contributed by atoms with E-state index in [1.54, 1.807) is 7.11 Å². The highest BCUT2D eigenvalue weighted by molar-refractivity contribution is 8.16. The number of piperazine rings is 1. The molecule has 5 rings (SSSR count). The number of hydrogen-bond acceptors (Lipinski definition) is 8. The Hall–Kier alpha value is -3.56. The van der Waals surface area contributed by atoms with Crippen molar-refractivity contribution in [2.24, 2.45) is 4.99 Å². The molecule has 1 amide bonds. The van der Waals surface area contributed by atoms with Crippen LogP contribution in [-0.2, 0) is 20.9 Å². The van der Waals surface area contributed by atoms with Crippen LogP contribution in [-0.4, -0.2) is 72.1 Å². The van der Waals surface area contributed by atoms with Crippen LogP contribution in [0.2, 0.25) is 0 Å². The molecule has 1 saturated heterocycles. The van der Waals surface area contributed by atoms with E-state index in [1.807, 2.05) is 76.7 Å². The third kappa shape index (κ3) is 5.49. The fourth-order valence-electron chi connectivity index (χ4n) is 4.88. The molecular formula is C29H32N4O4S. The number of aliphatic imine (C=N–C) groups is 1. The van der Waals surface area contributed by atoms with Crippen molar-refractivity contribution in [2.45, 2.75) is 26.0 Å². The van der Waals surface area contributed by atoms with Crippen molar-refractivity contribution in [1.82, 2.24) is 14.7 Å². The number of ether oxygens (including phenoxy) is 2. The summed E-state index contributed by atoms with van der Waals surface area (Å²) in [4.78, 5) is 37.8. The van der Waals surface area contributed by atoms with Gasteiger partial charge in [-0.15, -0.1) is 0 Å². The summed E-state index contributed by atoms with van der Waals surface area (Å²) in [6, 6.07) is 16.8. The van der Waals surface area contributed by atoms with Gasteiger partial charge in [0.1, 0.15) is 12.4 Å². The SMILES string of the molecule is COc1cccc(C2C(C(=O)OCc3ccccc3)=C(C)N=C3SC=C(CC(=O)N4CCN(C)CC4)N32)c1. The second-order valence-electron chi connectivity index (χ2n) is 9.59. The third-order valence-electron chi connectivity index (χ3n) is 7.03. The Labute approximate surface area is 227 Å². The van der Waals surface area contributed by atoms with Crippen LogP contribution in [0, 0.1) is 0 Å². The number of nitrogens with zero attached hydrogens (tertiary/aromatic N) is 4. The summed E-state index contributed by atoms with van der Waals surface area (Å²) in [7, 11) is 3.69. The monoisotopic (exact) mass is 532 g/mol. The van der Waals surface area contributed by atoms with Gasteiger partial charge in [-0.1, -0.05) is 54.2 Å². The van der Waals surface area contributed by atoms with Gasteiger partial charge in [0.25, 0.3) is 0 Å². The molecule has 0 N–H and O–H groups in total. The molecule has 3 aliphatic heterocycles. The number of rotatable bonds is 7. The summed E-state index contributed by atoms with van der Waals surface area (Å²) in [6.45, 7) is 5.16. The van der Waals surface area contributed by atoms with Crippen molar-refractivity contribution in [3.63, 3.8) is 0 Å². The molecule has 0 spiro atoms. The molecule has 1 atom stereocenters. The number of thioether (sulfide) groups is 1. The summed E-state index contributed by atoms with van der Waals surface area (Å²) in [6.07, 6.45) is 0.238. The van der Waals surface area contributed by atoms with E-state index in [0.29, 0.717) is 30.1 Å². The number of allylic oxidation sites excluding steroid dienone is 1. The Balaban J connectivity index is 1.45. The Morgan fingerprint density at radius 3 is 2.55 bits per heavy atom. The molecule has 2 aromatic rings. The van der Waals surface area contributed by atoms with Crippen molar-refractivity contribution < 1.29 is 19.1 Å². The van der Waals surface area contributed by atoms with Gasteiger partial charge in [-0.3, -0.25) is 4.79 Å². The van der Waals surface area contributed by atoms with Gasteiger partial charge < -0.3 is 24.2 Å². The van der Waals surface area contributed by atoms with Crippen molar-refractivity contribution in [3.8, 4) is 5.75 Å². The second kappa shape index (κ2) is 11.4. The maximum atomic E-state index is 13.6. The van der Waals surface area contributed by atoms with Gasteiger partial charge in [-0.25, -0.2) is 9.79 Å². The van der Waals surface area contributed by atoms with E-state index in [0.717, 1.165) is 35.1 Å². The van der Waals surface area contributed by atoms with Crippen LogP contribution in [0.25, 0.3) is 0 Å². The number of carbonyl (C=O) groups excluding carboxylic acids is 2. The summed E-state index contributed by atoms with van der Waals surface area (Å²) < 4.78 is 11.3. The van der Waals surface area contributed by atoms with Crippen LogP contribution in [0.4, 0.5) is 0 Å². The van der Waals surface area contributed by atoms with Gasteiger partial charge in [-0.05, 0) is 42.6 Å². The molecule has 0 bridgehead atoms. The minimum absolute atomic E-state index is 0.0788. The molecule has 9 heteroatoms. The van der Waals surface area contributed by atoms with E-state index in [2.05, 4.69) is 11.9 Å². The third-order valence-corrected chi connectivity index (χ3v) is 7.92. The lowest BCUT2D eigenvalue weighted by atomic mass is 9.93. The Morgan fingerprint density at radius 1 is 1.05 bits per heavy atom. The standard InChI is InChI=1S/C29H32N4O4S/c1-20-26(28(35)37-18-21-8-5-4-6-9-21)27(22-10-7-11-24(16-22)36-3)33-23(19-38-29(33)30-20)17-25(34)32-14-12-31(2)13-15-32/h4-11,16,19,27H,12-15,17-18H2,1-3H3. The van der Waals surface area contributed by atoms with Gasteiger partial charge in [-0.2, -0.15) is 0 Å². The van der Waals surface area contributed by atoms with Gasteiger partial charge in [0.05, 0.1) is 30.8 Å². The fraction of sp³-hybridized carbons (Fsp3) is 0.345. The van der Waals surface area contributed by atoms with Gasteiger partial charge in [0.2, 0.25) is 5.91 Å². The van der Waals surface area contributed by atoms with Crippen LogP contribution in [0.3, 0.4) is 0 Å². The zero-order valence-corrected chi connectivity index (χ0v) is 22.7. The minimum Gasteiger partial charge on any atom is -0.497 e. The lowest BCUT2D eigenvalue weighted by Gasteiger charge is -2.37. The van der Waals surface area contributed by atoms with E-state index < -0.39 is 12.0 Å². The van der Waals surface area contributed by atoms with Crippen molar-refractivity contribution >= 4 is 28.8 Å². The molecule has 0 aromatic heterocycles.